The summed E-state index contributed by atoms with van der Waals surface area (Å²) in [7, 11) is 0. The van der Waals surface area contributed by atoms with E-state index in [1.54, 1.807) is 0 Å². The Labute approximate surface area is 94.5 Å². The summed E-state index contributed by atoms with van der Waals surface area (Å²) in [5.41, 5.74) is 1.10. The fraction of sp³-hybridized carbons (Fsp3) is 0.636. The number of aryl methyl sites for hydroxylation is 1. The molecule has 0 radical (unpaired) electrons. The lowest BCUT2D eigenvalue weighted by Crippen LogP contribution is -2.37. The molecule has 0 amide bonds. The normalized spacial score (nSPS) is 19.5. The van der Waals surface area contributed by atoms with E-state index in [2.05, 4.69) is 17.2 Å². The van der Waals surface area contributed by atoms with Gasteiger partial charge >= 0.3 is 5.97 Å². The van der Waals surface area contributed by atoms with E-state index in [1.165, 1.54) is 0 Å². The van der Waals surface area contributed by atoms with Crippen LogP contribution in [-0.2, 0) is 13.0 Å². The van der Waals surface area contributed by atoms with E-state index in [4.69, 9.17) is 5.11 Å². The lowest BCUT2D eigenvalue weighted by Gasteiger charge is -2.25. The molecule has 16 heavy (non-hydrogen) atoms. The Hall–Kier alpha value is -1.36. The van der Waals surface area contributed by atoms with Crippen molar-refractivity contribution in [3.05, 3.63) is 17.2 Å². The number of rotatable bonds is 3. The first kappa shape index (κ1) is 11.1. The number of carboxylic acid groups (broad SMARTS) is 1. The summed E-state index contributed by atoms with van der Waals surface area (Å²) in [5, 5.41) is 12.4. The topological polar surface area (TPSA) is 67.2 Å². The molecule has 2 N–H and O–H groups in total. The molecule has 0 spiro atoms. The number of imidazole rings is 1. The van der Waals surface area contributed by atoms with Crippen molar-refractivity contribution in [1.82, 2.24) is 14.9 Å². The number of fused-ring (bicyclic) bond motifs is 1. The molecule has 1 aliphatic heterocycles. The van der Waals surface area contributed by atoms with Crippen molar-refractivity contribution in [2.75, 3.05) is 6.54 Å². The van der Waals surface area contributed by atoms with E-state index in [0.29, 0.717) is 6.04 Å². The second-order valence-corrected chi connectivity index (χ2v) is 4.16. The van der Waals surface area contributed by atoms with Gasteiger partial charge < -0.3 is 15.0 Å². The predicted octanol–water partition coefficient (Wildman–Crippen LogP) is 0.814. The predicted molar refractivity (Wildman–Crippen MR) is 59.7 cm³/mol. The highest BCUT2D eigenvalue weighted by Crippen LogP contribution is 2.20. The van der Waals surface area contributed by atoms with Crippen LogP contribution in [0.4, 0.5) is 0 Å². The number of nitrogens with one attached hydrogen (secondary N) is 1. The second kappa shape index (κ2) is 4.25. The van der Waals surface area contributed by atoms with Crippen LogP contribution in [0.1, 0.15) is 35.4 Å². The maximum absolute atomic E-state index is 11.0. The van der Waals surface area contributed by atoms with Gasteiger partial charge in [-0.05, 0) is 26.3 Å². The fourth-order valence-corrected chi connectivity index (χ4v) is 2.35. The lowest BCUT2D eigenvalue weighted by molar-refractivity contribution is 0.0689. The third-order valence-electron chi connectivity index (χ3n) is 3.09. The molecule has 1 atom stereocenters. The van der Waals surface area contributed by atoms with E-state index < -0.39 is 5.97 Å². The van der Waals surface area contributed by atoms with Crippen molar-refractivity contribution < 1.29 is 9.90 Å². The SMILES string of the molecule is CCNC1CCc2c(C(=O)O)nc(C)n2C1. The maximum atomic E-state index is 11.0. The summed E-state index contributed by atoms with van der Waals surface area (Å²) < 4.78 is 2.03. The van der Waals surface area contributed by atoms with Gasteiger partial charge in [0.1, 0.15) is 5.82 Å². The minimum Gasteiger partial charge on any atom is -0.476 e. The van der Waals surface area contributed by atoms with Gasteiger partial charge in [-0.15, -0.1) is 0 Å². The van der Waals surface area contributed by atoms with Crippen LogP contribution >= 0.6 is 0 Å². The molecule has 5 nitrogen and oxygen atoms in total. The molecule has 0 aromatic carbocycles. The van der Waals surface area contributed by atoms with Crippen molar-refractivity contribution in [3.8, 4) is 0 Å². The molecule has 88 valence electrons. The second-order valence-electron chi connectivity index (χ2n) is 4.16. The summed E-state index contributed by atoms with van der Waals surface area (Å²) in [6, 6.07) is 0.437. The Bertz CT molecular complexity index is 412. The van der Waals surface area contributed by atoms with Crippen LogP contribution in [-0.4, -0.2) is 33.2 Å². The van der Waals surface area contributed by atoms with Gasteiger partial charge in [-0.2, -0.15) is 0 Å². The molecule has 2 heterocycles. The number of nitrogens with zero attached hydrogens (tertiary/aromatic N) is 2. The first-order chi connectivity index (χ1) is 7.63. The number of likely N-dealkylation sites (N-methyl/N-ethyl adjacent to an activating group) is 1. The first-order valence-corrected chi connectivity index (χ1v) is 5.66. The Morgan fingerprint density at radius 2 is 2.44 bits per heavy atom. The number of hydrogen-bond acceptors (Lipinski definition) is 3. The van der Waals surface area contributed by atoms with Crippen LogP contribution in [0.3, 0.4) is 0 Å². The van der Waals surface area contributed by atoms with Crippen molar-refractivity contribution in [2.45, 2.75) is 39.3 Å². The third-order valence-corrected chi connectivity index (χ3v) is 3.09. The number of aromatic nitrogens is 2. The van der Waals surface area contributed by atoms with Gasteiger partial charge in [0.2, 0.25) is 0 Å². The third kappa shape index (κ3) is 1.82. The smallest absolute Gasteiger partial charge is 0.356 e. The van der Waals surface area contributed by atoms with Crippen molar-refractivity contribution in [2.24, 2.45) is 0 Å². The van der Waals surface area contributed by atoms with Crippen molar-refractivity contribution in [3.63, 3.8) is 0 Å². The zero-order chi connectivity index (χ0) is 11.7. The van der Waals surface area contributed by atoms with Crippen molar-refractivity contribution in [1.29, 1.82) is 0 Å². The van der Waals surface area contributed by atoms with Crippen LogP contribution in [0.5, 0.6) is 0 Å². The van der Waals surface area contributed by atoms with E-state index in [0.717, 1.165) is 37.4 Å². The minimum absolute atomic E-state index is 0.229. The quantitative estimate of drug-likeness (QED) is 0.796. The zero-order valence-electron chi connectivity index (χ0n) is 9.66. The maximum Gasteiger partial charge on any atom is 0.356 e. The molecule has 0 aliphatic carbocycles. The van der Waals surface area contributed by atoms with Gasteiger partial charge in [-0.1, -0.05) is 6.92 Å². The van der Waals surface area contributed by atoms with Crippen LogP contribution in [0, 0.1) is 6.92 Å². The van der Waals surface area contributed by atoms with Gasteiger partial charge in [-0.25, -0.2) is 9.78 Å². The Kier molecular flexibility index (Phi) is 2.96. The molecular weight excluding hydrogens is 206 g/mol. The molecule has 1 aromatic heterocycles. The summed E-state index contributed by atoms with van der Waals surface area (Å²) in [6.07, 6.45) is 1.78. The molecule has 0 saturated carbocycles. The highest BCUT2D eigenvalue weighted by molar-refractivity contribution is 5.86. The van der Waals surface area contributed by atoms with E-state index >= 15 is 0 Å². The van der Waals surface area contributed by atoms with Gasteiger partial charge in [0, 0.05) is 12.6 Å². The molecule has 1 unspecified atom stereocenters. The zero-order valence-corrected chi connectivity index (χ0v) is 9.66. The average molecular weight is 223 g/mol. The molecule has 0 saturated heterocycles. The Balaban J connectivity index is 2.29. The largest absolute Gasteiger partial charge is 0.476 e. The molecule has 1 aliphatic rings. The number of carboxylic acids is 1. The van der Waals surface area contributed by atoms with E-state index in [1.807, 2.05) is 11.5 Å². The molecule has 2 rings (SSSR count). The summed E-state index contributed by atoms with van der Waals surface area (Å²) in [5.74, 6) is -0.117. The van der Waals surface area contributed by atoms with Crippen LogP contribution in [0.2, 0.25) is 0 Å². The van der Waals surface area contributed by atoms with Crippen LogP contribution < -0.4 is 5.32 Å². The average Bonchev–Trinajstić information content (AvgIpc) is 2.57. The molecule has 1 aromatic rings. The Morgan fingerprint density at radius 1 is 1.69 bits per heavy atom. The molecule has 0 fully saturated rings. The monoisotopic (exact) mass is 223 g/mol. The Morgan fingerprint density at radius 3 is 3.06 bits per heavy atom. The van der Waals surface area contributed by atoms with Crippen LogP contribution in [0.15, 0.2) is 0 Å². The summed E-state index contributed by atoms with van der Waals surface area (Å²) >= 11 is 0. The van der Waals surface area contributed by atoms with E-state index in [-0.39, 0.29) is 5.69 Å². The van der Waals surface area contributed by atoms with Gasteiger partial charge in [-0.3, -0.25) is 0 Å². The van der Waals surface area contributed by atoms with Crippen molar-refractivity contribution >= 4 is 5.97 Å². The highest BCUT2D eigenvalue weighted by atomic mass is 16.4. The molecule has 0 bridgehead atoms. The highest BCUT2D eigenvalue weighted by Gasteiger charge is 2.25. The van der Waals surface area contributed by atoms with Gasteiger partial charge in [0.05, 0.1) is 5.69 Å². The lowest BCUT2D eigenvalue weighted by atomic mass is 10.0. The van der Waals surface area contributed by atoms with Crippen LogP contribution in [0.25, 0.3) is 0 Å². The summed E-state index contributed by atoms with van der Waals surface area (Å²) in [6.45, 7) is 5.72. The minimum atomic E-state index is -0.918. The summed E-state index contributed by atoms with van der Waals surface area (Å²) in [4.78, 5) is 15.1. The van der Waals surface area contributed by atoms with Gasteiger partial charge in [0.25, 0.3) is 0 Å². The van der Waals surface area contributed by atoms with Gasteiger partial charge in [0.15, 0.2) is 5.69 Å². The number of hydrogen-bond donors (Lipinski definition) is 2. The fourth-order valence-electron chi connectivity index (χ4n) is 2.35. The standard InChI is InChI=1S/C11H17N3O2/c1-3-12-8-4-5-9-10(11(15)16)13-7(2)14(9)6-8/h8,12H,3-6H2,1-2H3,(H,15,16). The number of carbonyl (C=O) groups is 1. The van der Waals surface area contributed by atoms with E-state index in [9.17, 15) is 4.79 Å². The number of aromatic carboxylic acids is 1. The molecular formula is C11H17N3O2. The molecule has 5 heteroatoms. The first-order valence-electron chi connectivity index (χ1n) is 5.66.